The summed E-state index contributed by atoms with van der Waals surface area (Å²) in [6, 6.07) is 8.70. The lowest BCUT2D eigenvalue weighted by Gasteiger charge is -2.36. The van der Waals surface area contributed by atoms with E-state index >= 15 is 0 Å². The van der Waals surface area contributed by atoms with Crippen LogP contribution in [0.3, 0.4) is 0 Å². The largest absolute Gasteiger partial charge is 0.358 e. The van der Waals surface area contributed by atoms with Gasteiger partial charge in [0.25, 0.3) is 0 Å². The molecule has 0 spiro atoms. The molecule has 1 atom stereocenters. The monoisotopic (exact) mass is 248 g/mol. The van der Waals surface area contributed by atoms with Gasteiger partial charge in [-0.25, -0.2) is 0 Å². The molecule has 2 heterocycles. The van der Waals surface area contributed by atoms with Crippen molar-refractivity contribution in [2.75, 3.05) is 5.88 Å². The number of H-pyrrole nitrogens is 1. The number of fused-ring (bicyclic) bond motifs is 3. The van der Waals surface area contributed by atoms with Crippen LogP contribution in [0.2, 0.25) is 0 Å². The van der Waals surface area contributed by atoms with E-state index < -0.39 is 0 Å². The SMILES string of the molecule is CC1(C)Cc2[nH]c3ccccc3c2C(CCl)N1. The summed E-state index contributed by atoms with van der Waals surface area (Å²) in [5, 5.41) is 4.93. The van der Waals surface area contributed by atoms with Gasteiger partial charge < -0.3 is 10.3 Å². The Hall–Kier alpha value is -0.990. The molecule has 1 aliphatic rings. The highest BCUT2D eigenvalue weighted by atomic mass is 35.5. The minimum Gasteiger partial charge on any atom is -0.358 e. The molecule has 2 nitrogen and oxygen atoms in total. The number of nitrogens with one attached hydrogen (secondary N) is 2. The molecule has 17 heavy (non-hydrogen) atoms. The number of benzene rings is 1. The number of aromatic amines is 1. The molecule has 0 saturated heterocycles. The summed E-state index contributed by atoms with van der Waals surface area (Å²) in [5.74, 6) is 0.609. The van der Waals surface area contributed by atoms with E-state index in [-0.39, 0.29) is 11.6 Å². The Labute approximate surface area is 106 Å². The molecule has 3 rings (SSSR count). The lowest BCUT2D eigenvalue weighted by molar-refractivity contribution is 0.322. The third-order valence-corrected chi connectivity index (χ3v) is 3.82. The quantitative estimate of drug-likeness (QED) is 0.744. The highest BCUT2D eigenvalue weighted by molar-refractivity contribution is 6.18. The predicted octanol–water partition coefficient (Wildman–Crippen LogP) is 3.37. The van der Waals surface area contributed by atoms with Gasteiger partial charge in [0, 0.05) is 40.5 Å². The van der Waals surface area contributed by atoms with Gasteiger partial charge in [-0.3, -0.25) is 0 Å². The molecule has 0 radical (unpaired) electrons. The molecule has 0 amide bonds. The van der Waals surface area contributed by atoms with Crippen LogP contribution in [-0.2, 0) is 6.42 Å². The van der Waals surface area contributed by atoms with Gasteiger partial charge in [-0.2, -0.15) is 0 Å². The third-order valence-electron chi connectivity index (χ3n) is 3.51. The molecular formula is C14H17ClN2. The lowest BCUT2D eigenvalue weighted by atomic mass is 9.87. The van der Waals surface area contributed by atoms with Crippen LogP contribution < -0.4 is 5.32 Å². The van der Waals surface area contributed by atoms with Gasteiger partial charge >= 0.3 is 0 Å². The Morgan fingerprint density at radius 3 is 2.88 bits per heavy atom. The van der Waals surface area contributed by atoms with Crippen molar-refractivity contribution in [2.24, 2.45) is 0 Å². The van der Waals surface area contributed by atoms with Crippen LogP contribution in [0.25, 0.3) is 10.9 Å². The van der Waals surface area contributed by atoms with E-state index in [4.69, 9.17) is 11.6 Å². The average molecular weight is 249 g/mol. The standard InChI is InChI=1S/C14H17ClN2/c1-14(2)7-11-13(12(8-15)17-14)9-5-3-4-6-10(9)16-11/h3-6,12,16-17H,7-8H2,1-2H3. The molecular weight excluding hydrogens is 232 g/mol. The van der Waals surface area contributed by atoms with Gasteiger partial charge in [0.2, 0.25) is 0 Å². The maximum absolute atomic E-state index is 6.12. The summed E-state index contributed by atoms with van der Waals surface area (Å²) in [5.41, 5.74) is 4.01. The van der Waals surface area contributed by atoms with E-state index in [1.165, 1.54) is 22.2 Å². The second-order valence-electron chi connectivity index (χ2n) is 5.47. The van der Waals surface area contributed by atoms with Crippen molar-refractivity contribution in [3.05, 3.63) is 35.5 Å². The van der Waals surface area contributed by atoms with Gasteiger partial charge in [-0.15, -0.1) is 11.6 Å². The Morgan fingerprint density at radius 2 is 2.12 bits per heavy atom. The van der Waals surface area contributed by atoms with Crippen molar-refractivity contribution in [1.29, 1.82) is 0 Å². The Kier molecular flexibility index (Phi) is 2.46. The molecule has 2 aromatic rings. The number of hydrogen-bond donors (Lipinski definition) is 2. The molecule has 2 N–H and O–H groups in total. The second-order valence-corrected chi connectivity index (χ2v) is 5.78. The number of alkyl halides is 1. The molecule has 0 aliphatic carbocycles. The van der Waals surface area contributed by atoms with Crippen molar-refractivity contribution in [2.45, 2.75) is 31.8 Å². The molecule has 1 unspecified atom stereocenters. The Bertz CT molecular complexity index is 556. The predicted molar refractivity (Wildman–Crippen MR) is 72.7 cm³/mol. The summed E-state index contributed by atoms with van der Waals surface area (Å²) in [6.07, 6.45) is 1.02. The molecule has 3 heteroatoms. The Balaban J connectivity index is 2.23. The maximum Gasteiger partial charge on any atom is 0.0485 e. The first kappa shape index (κ1) is 11.1. The van der Waals surface area contributed by atoms with Crippen LogP contribution in [0, 0.1) is 0 Å². The lowest BCUT2D eigenvalue weighted by Crippen LogP contribution is -2.47. The van der Waals surface area contributed by atoms with Crippen molar-refractivity contribution in [1.82, 2.24) is 10.3 Å². The third kappa shape index (κ3) is 1.76. The van der Waals surface area contributed by atoms with Gasteiger partial charge in [0.05, 0.1) is 0 Å². The molecule has 1 aromatic carbocycles. The zero-order chi connectivity index (χ0) is 12.0. The van der Waals surface area contributed by atoms with Crippen LogP contribution in [0.1, 0.15) is 31.1 Å². The normalized spacial score (nSPS) is 22.6. The first-order chi connectivity index (χ1) is 8.11. The Morgan fingerprint density at radius 1 is 1.35 bits per heavy atom. The van der Waals surface area contributed by atoms with E-state index in [2.05, 4.69) is 48.4 Å². The van der Waals surface area contributed by atoms with E-state index in [0.717, 1.165) is 6.42 Å². The van der Waals surface area contributed by atoms with Gasteiger partial charge in [0.1, 0.15) is 0 Å². The summed E-state index contributed by atoms with van der Waals surface area (Å²) >= 11 is 6.12. The first-order valence-corrected chi connectivity index (χ1v) is 6.57. The molecule has 0 bridgehead atoms. The van der Waals surface area contributed by atoms with Crippen LogP contribution in [-0.4, -0.2) is 16.4 Å². The fraction of sp³-hybridized carbons (Fsp3) is 0.429. The second kappa shape index (κ2) is 3.76. The number of hydrogen-bond acceptors (Lipinski definition) is 1. The fourth-order valence-corrected chi connectivity index (χ4v) is 3.14. The van der Waals surface area contributed by atoms with E-state index in [9.17, 15) is 0 Å². The highest BCUT2D eigenvalue weighted by Crippen LogP contribution is 2.35. The number of halogens is 1. The van der Waals surface area contributed by atoms with Crippen molar-refractivity contribution < 1.29 is 0 Å². The summed E-state index contributed by atoms with van der Waals surface area (Å²) in [4.78, 5) is 3.54. The molecule has 0 fully saturated rings. The zero-order valence-electron chi connectivity index (χ0n) is 10.2. The maximum atomic E-state index is 6.12. The van der Waals surface area contributed by atoms with Crippen LogP contribution >= 0.6 is 11.6 Å². The summed E-state index contributed by atoms with van der Waals surface area (Å²) < 4.78 is 0. The molecule has 0 saturated carbocycles. The summed E-state index contributed by atoms with van der Waals surface area (Å²) in [6.45, 7) is 4.45. The highest BCUT2D eigenvalue weighted by Gasteiger charge is 2.33. The van der Waals surface area contributed by atoms with Crippen LogP contribution in [0.5, 0.6) is 0 Å². The van der Waals surface area contributed by atoms with Crippen molar-refractivity contribution in [3.63, 3.8) is 0 Å². The van der Waals surface area contributed by atoms with E-state index in [1.807, 2.05) is 0 Å². The summed E-state index contributed by atoms with van der Waals surface area (Å²) in [7, 11) is 0. The number of rotatable bonds is 1. The minimum absolute atomic E-state index is 0.105. The minimum atomic E-state index is 0.105. The van der Waals surface area contributed by atoms with Crippen molar-refractivity contribution in [3.8, 4) is 0 Å². The van der Waals surface area contributed by atoms with E-state index in [0.29, 0.717) is 5.88 Å². The molecule has 1 aliphatic heterocycles. The van der Waals surface area contributed by atoms with Crippen LogP contribution in [0.4, 0.5) is 0 Å². The zero-order valence-corrected chi connectivity index (χ0v) is 10.9. The van der Waals surface area contributed by atoms with Gasteiger partial charge in [-0.05, 0) is 25.5 Å². The first-order valence-electron chi connectivity index (χ1n) is 6.04. The van der Waals surface area contributed by atoms with Gasteiger partial charge in [-0.1, -0.05) is 18.2 Å². The number of para-hydroxylation sites is 1. The topological polar surface area (TPSA) is 27.8 Å². The smallest absolute Gasteiger partial charge is 0.0485 e. The molecule has 1 aromatic heterocycles. The van der Waals surface area contributed by atoms with Crippen LogP contribution in [0.15, 0.2) is 24.3 Å². The molecule has 90 valence electrons. The average Bonchev–Trinajstić information content (AvgIpc) is 2.64. The van der Waals surface area contributed by atoms with Gasteiger partial charge in [0.15, 0.2) is 0 Å². The fourth-order valence-electron chi connectivity index (χ4n) is 2.91. The van der Waals surface area contributed by atoms with Crippen molar-refractivity contribution >= 4 is 22.5 Å². The number of aromatic nitrogens is 1. The van der Waals surface area contributed by atoms with E-state index in [1.54, 1.807) is 0 Å².